The minimum atomic E-state index is -0.961. The van der Waals surface area contributed by atoms with Crippen LogP contribution in [0.1, 0.15) is 13.0 Å². The summed E-state index contributed by atoms with van der Waals surface area (Å²) in [5.74, 6) is -0.733. The van der Waals surface area contributed by atoms with Gasteiger partial charge in [-0.3, -0.25) is 0 Å². The molecular weight excluding hydrogens is 198 g/mol. The van der Waals surface area contributed by atoms with E-state index in [9.17, 15) is 4.79 Å². The normalized spacial score (nSPS) is 12.9. The smallest absolute Gasteiger partial charge is 0.326 e. The van der Waals surface area contributed by atoms with Gasteiger partial charge in [0.25, 0.3) is 0 Å². The Morgan fingerprint density at radius 1 is 1.53 bits per heavy atom. The van der Waals surface area contributed by atoms with Gasteiger partial charge in [0.1, 0.15) is 17.9 Å². The molecule has 0 fully saturated rings. The van der Waals surface area contributed by atoms with Crippen LogP contribution in [0.3, 0.4) is 0 Å². The molecule has 7 nitrogen and oxygen atoms in total. The Balaban J connectivity index is 2.67. The molecule has 0 unspecified atom stereocenters. The van der Waals surface area contributed by atoms with Crippen LogP contribution in [0.2, 0.25) is 0 Å². The van der Waals surface area contributed by atoms with E-state index in [1.165, 1.54) is 24.1 Å². The van der Waals surface area contributed by atoms with Crippen LogP contribution >= 0.6 is 0 Å². The Morgan fingerprint density at radius 3 is 2.93 bits per heavy atom. The first-order chi connectivity index (χ1) is 7.11. The van der Waals surface area contributed by atoms with Gasteiger partial charge in [-0.2, -0.15) is 0 Å². The summed E-state index contributed by atoms with van der Waals surface area (Å²) in [6.07, 6.45) is 2.69. The summed E-state index contributed by atoms with van der Waals surface area (Å²) in [4.78, 5) is 22.5. The summed E-state index contributed by atoms with van der Waals surface area (Å²) in [5, 5.41) is 8.87. The molecule has 0 aliphatic rings. The van der Waals surface area contributed by atoms with Crippen LogP contribution in [0, 0.1) is 0 Å². The average molecular weight is 207 g/mol. The average Bonchev–Trinajstić information content (AvgIpc) is 2.61. The lowest BCUT2D eigenvalue weighted by Crippen LogP contribution is -2.15. The quantitative estimate of drug-likeness (QED) is 0.720. The third kappa shape index (κ3) is 1.37. The highest BCUT2D eigenvalue weighted by molar-refractivity contribution is 5.84. The maximum atomic E-state index is 10.8. The predicted molar refractivity (Wildman–Crippen MR) is 52.1 cm³/mol. The number of aromatic nitrogens is 4. The minimum absolute atomic E-state index is 0.227. The fourth-order valence-electron chi connectivity index (χ4n) is 1.31. The third-order valence-corrected chi connectivity index (χ3v) is 2.17. The van der Waals surface area contributed by atoms with Crippen LogP contribution in [0.15, 0.2) is 12.7 Å². The van der Waals surface area contributed by atoms with Crippen molar-refractivity contribution < 1.29 is 9.90 Å². The number of hydrogen-bond donors (Lipinski definition) is 2. The number of imidazole rings is 1. The van der Waals surface area contributed by atoms with Crippen molar-refractivity contribution in [3.05, 3.63) is 12.7 Å². The number of carboxylic acid groups (broad SMARTS) is 1. The number of fused-ring (bicyclic) bond motifs is 1. The van der Waals surface area contributed by atoms with Crippen LogP contribution < -0.4 is 5.73 Å². The number of carbonyl (C=O) groups is 1. The maximum absolute atomic E-state index is 10.8. The van der Waals surface area contributed by atoms with E-state index < -0.39 is 12.0 Å². The van der Waals surface area contributed by atoms with E-state index in [0.717, 1.165) is 0 Å². The molecule has 0 radical (unpaired) electrons. The fourth-order valence-corrected chi connectivity index (χ4v) is 1.31. The van der Waals surface area contributed by atoms with Crippen LogP contribution in [0.4, 0.5) is 5.82 Å². The second-order valence-electron chi connectivity index (χ2n) is 3.10. The van der Waals surface area contributed by atoms with Gasteiger partial charge in [-0.15, -0.1) is 0 Å². The molecule has 2 rings (SSSR count). The summed E-state index contributed by atoms with van der Waals surface area (Å²) in [6, 6.07) is -0.747. The van der Waals surface area contributed by atoms with Gasteiger partial charge in [-0.1, -0.05) is 0 Å². The number of carboxylic acids is 1. The molecule has 2 aromatic rings. The van der Waals surface area contributed by atoms with Gasteiger partial charge in [-0.05, 0) is 6.92 Å². The summed E-state index contributed by atoms with van der Waals surface area (Å²) in [5.41, 5.74) is 6.48. The second kappa shape index (κ2) is 3.19. The number of nitrogens with two attached hydrogens (primary N) is 1. The van der Waals surface area contributed by atoms with Crippen molar-refractivity contribution in [1.82, 2.24) is 19.5 Å². The summed E-state index contributed by atoms with van der Waals surface area (Å²) in [7, 11) is 0. The van der Waals surface area contributed by atoms with Crippen LogP contribution in [-0.4, -0.2) is 30.6 Å². The largest absolute Gasteiger partial charge is 0.480 e. The first-order valence-corrected chi connectivity index (χ1v) is 4.27. The fraction of sp³-hybridized carbons (Fsp3) is 0.250. The first-order valence-electron chi connectivity index (χ1n) is 4.27. The van der Waals surface area contributed by atoms with Gasteiger partial charge in [0, 0.05) is 0 Å². The highest BCUT2D eigenvalue weighted by Crippen LogP contribution is 2.19. The van der Waals surface area contributed by atoms with Crippen molar-refractivity contribution in [3.8, 4) is 0 Å². The molecule has 0 aromatic carbocycles. The number of aliphatic carboxylic acids is 1. The zero-order chi connectivity index (χ0) is 11.0. The van der Waals surface area contributed by atoms with Crippen molar-refractivity contribution in [1.29, 1.82) is 0 Å². The van der Waals surface area contributed by atoms with Crippen LogP contribution in [0.25, 0.3) is 11.2 Å². The van der Waals surface area contributed by atoms with Crippen molar-refractivity contribution in [2.45, 2.75) is 13.0 Å². The lowest BCUT2D eigenvalue weighted by atomic mass is 10.3. The molecular formula is C8H9N5O2. The van der Waals surface area contributed by atoms with Crippen molar-refractivity contribution in [2.24, 2.45) is 0 Å². The van der Waals surface area contributed by atoms with Gasteiger partial charge in [0.05, 0.1) is 6.33 Å². The molecule has 2 aromatic heterocycles. The molecule has 0 amide bonds. The zero-order valence-electron chi connectivity index (χ0n) is 7.95. The second-order valence-corrected chi connectivity index (χ2v) is 3.10. The lowest BCUT2D eigenvalue weighted by Gasteiger charge is -2.09. The highest BCUT2D eigenvalue weighted by Gasteiger charge is 2.18. The lowest BCUT2D eigenvalue weighted by molar-refractivity contribution is -0.140. The molecule has 0 bridgehead atoms. The summed E-state index contributed by atoms with van der Waals surface area (Å²) >= 11 is 0. The molecule has 0 saturated carbocycles. The standard InChI is InChI=1S/C8H9N5O2/c1-4(8(14)15)13-3-12-7-5(13)6(9)10-2-11-7/h2-4H,1H3,(H,14,15)(H2,9,10,11)/t4-/m1/s1. The first kappa shape index (κ1) is 9.38. The van der Waals surface area contributed by atoms with E-state index in [2.05, 4.69) is 15.0 Å². The molecule has 1 atom stereocenters. The SMILES string of the molecule is C[C@H](C(=O)O)n1cnc2ncnc(N)c21. The third-order valence-electron chi connectivity index (χ3n) is 2.17. The molecule has 2 heterocycles. The Bertz CT molecular complexity index is 521. The van der Waals surface area contributed by atoms with Crippen LogP contribution in [0.5, 0.6) is 0 Å². The molecule has 15 heavy (non-hydrogen) atoms. The molecule has 0 aliphatic carbocycles. The predicted octanol–water partition coefficient (Wildman–Crippen LogP) is 0.0541. The van der Waals surface area contributed by atoms with E-state index >= 15 is 0 Å². The van der Waals surface area contributed by atoms with Crippen molar-refractivity contribution >= 4 is 23.0 Å². The Labute approximate surface area is 84.6 Å². The number of anilines is 1. The van der Waals surface area contributed by atoms with Gasteiger partial charge >= 0.3 is 5.97 Å². The maximum Gasteiger partial charge on any atom is 0.326 e. The van der Waals surface area contributed by atoms with E-state index in [-0.39, 0.29) is 5.82 Å². The van der Waals surface area contributed by atoms with E-state index in [4.69, 9.17) is 10.8 Å². The van der Waals surface area contributed by atoms with E-state index in [0.29, 0.717) is 11.2 Å². The van der Waals surface area contributed by atoms with Gasteiger partial charge in [0.15, 0.2) is 11.5 Å². The van der Waals surface area contributed by atoms with Crippen molar-refractivity contribution in [2.75, 3.05) is 5.73 Å². The highest BCUT2D eigenvalue weighted by atomic mass is 16.4. The van der Waals surface area contributed by atoms with Gasteiger partial charge in [-0.25, -0.2) is 19.7 Å². The molecule has 0 aliphatic heterocycles. The van der Waals surface area contributed by atoms with Gasteiger partial charge in [0.2, 0.25) is 0 Å². The minimum Gasteiger partial charge on any atom is -0.480 e. The molecule has 7 heteroatoms. The topological polar surface area (TPSA) is 107 Å². The Kier molecular flexibility index (Phi) is 2.00. The molecule has 3 N–H and O–H groups in total. The van der Waals surface area contributed by atoms with E-state index in [1.54, 1.807) is 0 Å². The summed E-state index contributed by atoms with van der Waals surface area (Å²) in [6.45, 7) is 1.54. The number of nitrogens with zero attached hydrogens (tertiary/aromatic N) is 4. The number of rotatable bonds is 2. The van der Waals surface area contributed by atoms with Crippen molar-refractivity contribution in [3.63, 3.8) is 0 Å². The summed E-state index contributed by atoms with van der Waals surface area (Å²) < 4.78 is 1.44. The number of hydrogen-bond acceptors (Lipinski definition) is 5. The molecule has 78 valence electrons. The monoisotopic (exact) mass is 207 g/mol. The zero-order valence-corrected chi connectivity index (χ0v) is 7.95. The number of nitrogen functional groups attached to an aromatic ring is 1. The molecule has 0 spiro atoms. The molecule has 0 saturated heterocycles. The Morgan fingerprint density at radius 2 is 2.27 bits per heavy atom. The van der Waals surface area contributed by atoms with E-state index in [1.807, 2.05) is 0 Å². The van der Waals surface area contributed by atoms with Crippen LogP contribution in [-0.2, 0) is 4.79 Å². The van der Waals surface area contributed by atoms with Gasteiger partial charge < -0.3 is 15.4 Å². The Hall–Kier alpha value is -2.18.